The van der Waals surface area contributed by atoms with Crippen LogP contribution in [0.2, 0.25) is 0 Å². The predicted molar refractivity (Wildman–Crippen MR) is 326 cm³/mol. The van der Waals surface area contributed by atoms with Crippen LogP contribution in [0.1, 0.15) is 83.2 Å². The molecule has 6 aliphatic carbocycles. The van der Waals surface area contributed by atoms with Crippen LogP contribution < -0.4 is 0 Å². The van der Waals surface area contributed by atoms with Crippen LogP contribution in [0.15, 0.2) is 249 Å². The van der Waals surface area contributed by atoms with Crippen molar-refractivity contribution in [3.63, 3.8) is 0 Å². The molecule has 0 radical (unpaired) electrons. The number of hydrogen-bond acceptors (Lipinski definition) is 3. The Hall–Kier alpha value is -9.05. The van der Waals surface area contributed by atoms with E-state index in [0.29, 0.717) is 41.1 Å². The monoisotopic (exact) mass is 1020 g/mol. The first-order chi connectivity index (χ1) is 39.6. The molecule has 0 saturated heterocycles. The average Bonchev–Trinajstić information content (AvgIpc) is 2.52. The lowest BCUT2D eigenvalue weighted by Crippen LogP contribution is -2.61. The second kappa shape index (κ2) is 16.5. The highest BCUT2D eigenvalue weighted by molar-refractivity contribution is 6.13. The fraction of sp³-hybridized carbons (Fsp3) is 0.156. The summed E-state index contributed by atoms with van der Waals surface area (Å²) in [5, 5.41) is 4.70. The van der Waals surface area contributed by atoms with Gasteiger partial charge in [0.25, 0.3) is 0 Å². The van der Waals surface area contributed by atoms with Crippen LogP contribution in [0.4, 0.5) is 0 Å². The van der Waals surface area contributed by atoms with Gasteiger partial charge in [-0.1, -0.05) is 243 Å². The van der Waals surface area contributed by atoms with Crippen molar-refractivity contribution in [2.75, 3.05) is 0 Å². The summed E-state index contributed by atoms with van der Waals surface area (Å²) < 4.78 is 0. The minimum atomic E-state index is -0.163. The number of rotatable bonds is 4. The molecular formula is C77H55N3. The van der Waals surface area contributed by atoms with Gasteiger partial charge in [0.05, 0.1) is 0 Å². The minimum absolute atomic E-state index is 0.0781. The molecule has 7 unspecified atom stereocenters. The van der Waals surface area contributed by atoms with E-state index in [4.69, 9.17) is 15.0 Å². The number of benzene rings is 11. The molecule has 6 aliphatic rings. The minimum Gasteiger partial charge on any atom is -0.208 e. The number of aromatic nitrogens is 3. The lowest BCUT2D eigenvalue weighted by Gasteiger charge is -2.64. The highest BCUT2D eigenvalue weighted by Crippen LogP contribution is 2.82. The quantitative estimate of drug-likeness (QED) is 0.165. The molecule has 0 aliphatic heterocycles. The van der Waals surface area contributed by atoms with E-state index in [1.165, 1.54) is 79.2 Å². The second-order valence-corrected chi connectivity index (χ2v) is 24.3. The average molecular weight is 1020 g/mol. The van der Waals surface area contributed by atoms with Gasteiger partial charge in [-0.15, -0.1) is 0 Å². The van der Waals surface area contributed by atoms with E-state index in [9.17, 15) is 0 Å². The molecule has 378 valence electrons. The smallest absolute Gasteiger partial charge is 0.164 e. The third-order valence-corrected chi connectivity index (χ3v) is 20.8. The van der Waals surface area contributed by atoms with Gasteiger partial charge in [0.1, 0.15) is 0 Å². The fourth-order valence-electron chi connectivity index (χ4n) is 18.4. The zero-order valence-electron chi connectivity index (χ0n) is 44.4. The molecule has 3 nitrogen and oxygen atoms in total. The molecule has 80 heavy (non-hydrogen) atoms. The molecule has 7 atom stereocenters. The van der Waals surface area contributed by atoms with Gasteiger partial charge in [-0.2, -0.15) is 0 Å². The van der Waals surface area contributed by atoms with Crippen molar-refractivity contribution in [1.29, 1.82) is 0 Å². The van der Waals surface area contributed by atoms with Crippen molar-refractivity contribution in [1.82, 2.24) is 15.0 Å². The predicted octanol–water partition coefficient (Wildman–Crippen LogP) is 18.9. The first-order valence-electron chi connectivity index (χ1n) is 29.0. The Bertz CT molecular complexity index is 4580. The molecule has 12 aromatic rings. The lowest BCUT2D eigenvalue weighted by molar-refractivity contribution is -0.00423. The molecule has 18 rings (SSSR count). The van der Waals surface area contributed by atoms with E-state index in [2.05, 4.69) is 243 Å². The van der Waals surface area contributed by atoms with Crippen molar-refractivity contribution in [3.8, 4) is 78.7 Å². The molecule has 3 spiro atoms. The summed E-state index contributed by atoms with van der Waals surface area (Å²) in [6, 6.07) is 94.7. The topological polar surface area (TPSA) is 38.7 Å². The molecule has 3 saturated carbocycles. The number of nitrogens with zero attached hydrogens (tertiary/aromatic N) is 3. The normalized spacial score (nSPS) is 23.9. The molecule has 11 aromatic carbocycles. The maximum absolute atomic E-state index is 5.37. The zero-order valence-corrected chi connectivity index (χ0v) is 44.4. The van der Waals surface area contributed by atoms with Gasteiger partial charge in [-0.25, -0.2) is 15.0 Å². The van der Waals surface area contributed by atoms with Gasteiger partial charge >= 0.3 is 0 Å². The van der Waals surface area contributed by atoms with Gasteiger partial charge in [0.2, 0.25) is 0 Å². The fourth-order valence-corrected chi connectivity index (χ4v) is 18.4. The van der Waals surface area contributed by atoms with Crippen LogP contribution in [0.5, 0.6) is 0 Å². The summed E-state index contributed by atoms with van der Waals surface area (Å²) in [5.74, 6) is 3.49. The van der Waals surface area contributed by atoms with E-state index >= 15 is 0 Å². The van der Waals surface area contributed by atoms with Gasteiger partial charge in [0, 0.05) is 32.9 Å². The van der Waals surface area contributed by atoms with Crippen molar-refractivity contribution in [2.45, 2.75) is 66.1 Å². The van der Waals surface area contributed by atoms with Gasteiger partial charge < -0.3 is 0 Å². The second-order valence-electron chi connectivity index (χ2n) is 24.3. The van der Waals surface area contributed by atoms with Crippen LogP contribution in [0, 0.1) is 5.92 Å². The maximum Gasteiger partial charge on any atom is 0.164 e. The molecule has 3 fully saturated rings. The highest BCUT2D eigenvalue weighted by atomic mass is 15.0. The SMILES string of the molecule is c1ccc(-c2nc(-c3ccc(-c4cccc5c4-c4ccccc4C4CC67CC(CC89CC(CC54C86)c4ccccc4-c4ccccc49)c4ccccc4-c4ccccc47)cc3)nc(-c3cc4ccccc4c4ccccc34)n2)cc1. The van der Waals surface area contributed by atoms with E-state index in [0.717, 1.165) is 46.7 Å². The van der Waals surface area contributed by atoms with Crippen LogP contribution >= 0.6 is 0 Å². The van der Waals surface area contributed by atoms with Gasteiger partial charge in [-0.05, 0) is 161 Å². The Labute approximate surface area is 466 Å². The molecule has 3 heteroatoms. The van der Waals surface area contributed by atoms with Crippen molar-refractivity contribution in [3.05, 3.63) is 282 Å². The van der Waals surface area contributed by atoms with E-state index < -0.39 is 0 Å². The first kappa shape index (κ1) is 44.9. The highest BCUT2D eigenvalue weighted by Gasteiger charge is 2.76. The lowest BCUT2D eigenvalue weighted by atomic mass is 9.38. The van der Waals surface area contributed by atoms with Gasteiger partial charge in [0.15, 0.2) is 17.5 Å². The summed E-state index contributed by atoms with van der Waals surface area (Å²) in [6.07, 6.45) is 5.76. The largest absolute Gasteiger partial charge is 0.208 e. The molecule has 0 amide bonds. The Morgan fingerprint density at radius 3 is 1.46 bits per heavy atom. The van der Waals surface area contributed by atoms with E-state index in [-0.39, 0.29) is 16.2 Å². The Kier molecular flexibility index (Phi) is 9.26. The molecule has 0 N–H and O–H groups in total. The Morgan fingerprint density at radius 1 is 0.300 bits per heavy atom. The molecule has 1 heterocycles. The molecule has 1 aromatic heterocycles. The van der Waals surface area contributed by atoms with Crippen molar-refractivity contribution >= 4 is 21.5 Å². The van der Waals surface area contributed by atoms with Crippen LogP contribution in [0.3, 0.4) is 0 Å². The van der Waals surface area contributed by atoms with E-state index in [1.54, 1.807) is 22.3 Å². The summed E-state index contributed by atoms with van der Waals surface area (Å²) in [5.41, 5.74) is 23.1. The third kappa shape index (κ3) is 5.97. The summed E-state index contributed by atoms with van der Waals surface area (Å²) in [7, 11) is 0. The Balaban J connectivity index is 0.855. The van der Waals surface area contributed by atoms with Crippen LogP contribution in [0.25, 0.3) is 100 Å². The molecular weight excluding hydrogens is 967 g/mol. The first-order valence-corrected chi connectivity index (χ1v) is 29.0. The van der Waals surface area contributed by atoms with Crippen LogP contribution in [-0.2, 0) is 16.2 Å². The standard InChI is InChI=1S/C77H55N3/c1-2-19-48(20-3-1)71-78-72(80-73(79-71)65-41-50-21-4-5-22-53(50)57-25-10-11-28-60(57)65)49-39-37-47(38-40-49)56-33-18-36-68-70(56)64-32-13-12-31-63(64)69-46-76-43-51(54-23-6-8-26-58(54)62-30-15-17-35-67(62)76)42-75-44-52(45-77(68,69)74(75)76)55-24-7-9-27-59(55)61-29-14-16-34-66(61)75/h1-41,51-52,69,74H,42-46H2. The van der Waals surface area contributed by atoms with E-state index in [1.807, 2.05) is 6.07 Å². The number of hydrogen-bond donors (Lipinski definition) is 0. The number of fused-ring (bicyclic) bond motifs is 17. The van der Waals surface area contributed by atoms with Crippen LogP contribution in [-0.4, -0.2) is 15.0 Å². The molecule has 4 bridgehead atoms. The van der Waals surface area contributed by atoms with Crippen molar-refractivity contribution < 1.29 is 0 Å². The third-order valence-electron chi connectivity index (χ3n) is 20.8. The zero-order chi connectivity index (χ0) is 52.3. The summed E-state index contributed by atoms with van der Waals surface area (Å²) >= 11 is 0. The van der Waals surface area contributed by atoms with Crippen molar-refractivity contribution in [2.24, 2.45) is 5.92 Å². The summed E-state index contributed by atoms with van der Waals surface area (Å²) in [4.78, 5) is 15.9. The maximum atomic E-state index is 5.37. The Morgan fingerprint density at radius 2 is 0.775 bits per heavy atom. The van der Waals surface area contributed by atoms with Gasteiger partial charge in [-0.3, -0.25) is 0 Å². The summed E-state index contributed by atoms with van der Waals surface area (Å²) in [6.45, 7) is 0.